The molecule has 2 saturated heterocycles. The molecular formula is C14H24N2O2. The van der Waals surface area contributed by atoms with Gasteiger partial charge in [0.25, 0.3) is 0 Å². The van der Waals surface area contributed by atoms with E-state index in [4.69, 9.17) is 4.74 Å². The number of hydrogen-bond acceptors (Lipinski definition) is 3. The van der Waals surface area contributed by atoms with Gasteiger partial charge < -0.3 is 15.0 Å². The average molecular weight is 252 g/mol. The molecule has 0 aromatic heterocycles. The van der Waals surface area contributed by atoms with Crippen molar-refractivity contribution in [2.75, 3.05) is 19.6 Å². The normalized spacial score (nSPS) is 38.2. The number of nitrogens with one attached hydrogen (secondary N) is 1. The van der Waals surface area contributed by atoms with Crippen molar-refractivity contribution in [1.29, 1.82) is 0 Å². The van der Waals surface area contributed by atoms with Gasteiger partial charge in [-0.3, -0.25) is 0 Å². The number of amides is 1. The van der Waals surface area contributed by atoms with Crippen LogP contribution in [0, 0.1) is 5.92 Å². The van der Waals surface area contributed by atoms with Gasteiger partial charge >= 0.3 is 6.09 Å². The van der Waals surface area contributed by atoms with Gasteiger partial charge in [-0.15, -0.1) is 0 Å². The Morgan fingerprint density at radius 1 is 1.28 bits per heavy atom. The number of carbonyl (C=O) groups excluding carboxylic acids is 1. The largest absolute Gasteiger partial charge is 0.441 e. The van der Waals surface area contributed by atoms with E-state index in [0.29, 0.717) is 12.0 Å². The fourth-order valence-corrected chi connectivity index (χ4v) is 3.75. The van der Waals surface area contributed by atoms with Crippen molar-refractivity contribution in [3.05, 3.63) is 0 Å². The van der Waals surface area contributed by atoms with E-state index in [1.807, 2.05) is 4.90 Å². The lowest BCUT2D eigenvalue weighted by atomic mass is 9.87. The molecule has 0 radical (unpaired) electrons. The minimum atomic E-state index is -0.266. The van der Waals surface area contributed by atoms with Gasteiger partial charge in [0.1, 0.15) is 5.60 Å². The summed E-state index contributed by atoms with van der Waals surface area (Å²) in [6, 6.07) is 0.433. The molecule has 102 valence electrons. The Morgan fingerprint density at radius 2 is 2.06 bits per heavy atom. The highest BCUT2D eigenvalue weighted by molar-refractivity contribution is 5.71. The zero-order valence-corrected chi connectivity index (χ0v) is 11.3. The van der Waals surface area contributed by atoms with E-state index in [1.165, 1.54) is 19.3 Å². The summed E-state index contributed by atoms with van der Waals surface area (Å²) in [5.74, 6) is 0.482. The Kier molecular flexibility index (Phi) is 3.22. The van der Waals surface area contributed by atoms with Gasteiger partial charge in [-0.2, -0.15) is 0 Å². The minimum Gasteiger partial charge on any atom is -0.441 e. The quantitative estimate of drug-likeness (QED) is 0.818. The first-order valence-electron chi connectivity index (χ1n) is 7.39. The third-order valence-electron chi connectivity index (χ3n) is 4.98. The number of carbonyl (C=O) groups is 1. The third-order valence-corrected chi connectivity index (χ3v) is 4.98. The fourth-order valence-electron chi connectivity index (χ4n) is 3.75. The van der Waals surface area contributed by atoms with Crippen LogP contribution in [0.25, 0.3) is 0 Å². The lowest BCUT2D eigenvalue weighted by molar-refractivity contribution is 0.0287. The maximum absolute atomic E-state index is 12.1. The highest BCUT2D eigenvalue weighted by Crippen LogP contribution is 2.36. The Hall–Kier alpha value is -0.770. The van der Waals surface area contributed by atoms with Crippen LogP contribution in [0.1, 0.15) is 45.4 Å². The third kappa shape index (κ3) is 2.11. The zero-order valence-electron chi connectivity index (χ0n) is 11.3. The van der Waals surface area contributed by atoms with Crippen LogP contribution >= 0.6 is 0 Å². The molecule has 0 aromatic rings. The van der Waals surface area contributed by atoms with Gasteiger partial charge in [-0.1, -0.05) is 19.3 Å². The second kappa shape index (κ2) is 4.72. The molecule has 2 atom stereocenters. The number of nitrogens with zero attached hydrogens (tertiary/aromatic N) is 1. The highest BCUT2D eigenvalue weighted by atomic mass is 16.6. The molecule has 1 amide bonds. The summed E-state index contributed by atoms with van der Waals surface area (Å²) in [6.45, 7) is 4.96. The summed E-state index contributed by atoms with van der Waals surface area (Å²) < 4.78 is 5.75. The van der Waals surface area contributed by atoms with E-state index in [-0.39, 0.29) is 11.7 Å². The molecule has 2 unspecified atom stereocenters. The number of hydrogen-bond donors (Lipinski definition) is 1. The maximum atomic E-state index is 12.1. The van der Waals surface area contributed by atoms with Gasteiger partial charge in [0, 0.05) is 18.5 Å². The van der Waals surface area contributed by atoms with Crippen molar-refractivity contribution in [3.63, 3.8) is 0 Å². The summed E-state index contributed by atoms with van der Waals surface area (Å²) in [7, 11) is 0. The van der Waals surface area contributed by atoms with Gasteiger partial charge in [-0.05, 0) is 32.7 Å². The van der Waals surface area contributed by atoms with Crippen LogP contribution in [-0.2, 0) is 4.74 Å². The van der Waals surface area contributed by atoms with Crippen LogP contribution in [0.4, 0.5) is 4.79 Å². The first-order valence-corrected chi connectivity index (χ1v) is 7.39. The predicted molar refractivity (Wildman–Crippen MR) is 69.4 cm³/mol. The molecule has 18 heavy (non-hydrogen) atoms. The number of ether oxygens (including phenoxy) is 1. The Bertz CT molecular complexity index is 322. The molecule has 0 spiro atoms. The molecule has 0 bridgehead atoms. The second-order valence-corrected chi connectivity index (χ2v) is 6.29. The molecule has 4 nitrogen and oxygen atoms in total. The van der Waals surface area contributed by atoms with Gasteiger partial charge in [0.2, 0.25) is 0 Å². The first-order chi connectivity index (χ1) is 8.69. The Balaban J connectivity index is 1.68. The van der Waals surface area contributed by atoms with Gasteiger partial charge in [0.05, 0.1) is 6.54 Å². The molecule has 0 aromatic carbocycles. The van der Waals surface area contributed by atoms with E-state index in [9.17, 15) is 4.79 Å². The second-order valence-electron chi connectivity index (χ2n) is 6.29. The molecular weight excluding hydrogens is 228 g/mol. The van der Waals surface area contributed by atoms with E-state index >= 15 is 0 Å². The predicted octanol–water partition coefficient (Wildman–Crippen LogP) is 2.14. The lowest BCUT2D eigenvalue weighted by Crippen LogP contribution is -2.43. The summed E-state index contributed by atoms with van der Waals surface area (Å²) >= 11 is 0. The molecule has 1 saturated carbocycles. The molecule has 3 fully saturated rings. The van der Waals surface area contributed by atoms with Crippen LogP contribution in [-0.4, -0.2) is 42.3 Å². The molecule has 2 aliphatic heterocycles. The van der Waals surface area contributed by atoms with E-state index in [0.717, 1.165) is 38.9 Å². The topological polar surface area (TPSA) is 41.6 Å². The molecule has 3 rings (SSSR count). The number of cyclic esters (lactones) is 1. The van der Waals surface area contributed by atoms with Crippen molar-refractivity contribution in [1.82, 2.24) is 10.2 Å². The zero-order chi connectivity index (χ0) is 12.6. The lowest BCUT2D eigenvalue weighted by Gasteiger charge is -2.31. The molecule has 1 aliphatic carbocycles. The molecule has 1 N–H and O–H groups in total. The van der Waals surface area contributed by atoms with E-state index in [1.54, 1.807) is 0 Å². The van der Waals surface area contributed by atoms with Crippen molar-refractivity contribution in [2.45, 2.75) is 57.1 Å². The summed E-state index contributed by atoms with van der Waals surface area (Å²) in [5, 5.41) is 3.37. The smallest absolute Gasteiger partial charge is 0.410 e. The summed E-state index contributed by atoms with van der Waals surface area (Å²) in [4.78, 5) is 14.1. The van der Waals surface area contributed by atoms with Crippen LogP contribution in [0.15, 0.2) is 0 Å². The molecule has 3 aliphatic rings. The van der Waals surface area contributed by atoms with Gasteiger partial charge in [-0.25, -0.2) is 4.79 Å². The average Bonchev–Trinajstić information content (AvgIpc) is 2.99. The standard InChI is InChI=1S/C14H24N2O2/c1-14(11-7-8-15-9-11)10-16(13(17)18-14)12-5-3-2-4-6-12/h11-12,15H,2-10H2,1H3. The summed E-state index contributed by atoms with van der Waals surface area (Å²) in [5.41, 5.74) is -0.266. The van der Waals surface area contributed by atoms with E-state index < -0.39 is 0 Å². The fraction of sp³-hybridized carbons (Fsp3) is 0.929. The Morgan fingerprint density at radius 3 is 2.72 bits per heavy atom. The van der Waals surface area contributed by atoms with Crippen molar-refractivity contribution in [2.24, 2.45) is 5.92 Å². The molecule has 4 heteroatoms. The van der Waals surface area contributed by atoms with Crippen molar-refractivity contribution in [3.8, 4) is 0 Å². The Labute approximate surface area is 109 Å². The number of rotatable bonds is 2. The van der Waals surface area contributed by atoms with Crippen LogP contribution in [0.2, 0.25) is 0 Å². The van der Waals surface area contributed by atoms with Crippen LogP contribution in [0.5, 0.6) is 0 Å². The van der Waals surface area contributed by atoms with Crippen LogP contribution in [0.3, 0.4) is 0 Å². The highest BCUT2D eigenvalue weighted by Gasteiger charge is 2.49. The van der Waals surface area contributed by atoms with Crippen molar-refractivity contribution >= 4 is 6.09 Å². The SMILES string of the molecule is CC1(C2CCNC2)CN(C2CCCCC2)C(=O)O1. The van der Waals surface area contributed by atoms with Crippen molar-refractivity contribution < 1.29 is 9.53 Å². The van der Waals surface area contributed by atoms with Gasteiger partial charge in [0.15, 0.2) is 0 Å². The maximum Gasteiger partial charge on any atom is 0.410 e. The van der Waals surface area contributed by atoms with E-state index in [2.05, 4.69) is 12.2 Å². The monoisotopic (exact) mass is 252 g/mol. The molecule has 2 heterocycles. The summed E-state index contributed by atoms with van der Waals surface area (Å²) in [6.07, 6.45) is 7.22. The first kappa shape index (κ1) is 12.3. The van der Waals surface area contributed by atoms with Crippen LogP contribution < -0.4 is 5.32 Å². The minimum absolute atomic E-state index is 0.0729.